The largest absolute Gasteiger partial charge is 0.480 e. The maximum absolute atomic E-state index is 11.9. The second-order valence-corrected chi connectivity index (χ2v) is 4.78. The third-order valence-corrected chi connectivity index (χ3v) is 3.42. The topological polar surface area (TPSA) is 69.6 Å². The summed E-state index contributed by atoms with van der Waals surface area (Å²) in [5, 5.41) is 11.4. The SMILES string of the molecule is CNC(C(=O)O)C(=O)N(C)CC1CCCCC1. The van der Waals surface area contributed by atoms with Crippen LogP contribution in [-0.4, -0.2) is 48.6 Å². The summed E-state index contributed by atoms with van der Waals surface area (Å²) >= 11 is 0. The van der Waals surface area contributed by atoms with Crippen LogP contribution in [0.5, 0.6) is 0 Å². The first-order chi connectivity index (χ1) is 8.06. The fourth-order valence-electron chi connectivity index (χ4n) is 2.42. The lowest BCUT2D eigenvalue weighted by Gasteiger charge is -2.28. The lowest BCUT2D eigenvalue weighted by atomic mass is 9.89. The predicted octanol–water partition coefficient (Wildman–Crippen LogP) is 0.698. The van der Waals surface area contributed by atoms with Gasteiger partial charge in [-0.1, -0.05) is 19.3 Å². The van der Waals surface area contributed by atoms with Crippen molar-refractivity contribution < 1.29 is 14.7 Å². The quantitative estimate of drug-likeness (QED) is 0.696. The number of carbonyl (C=O) groups is 2. The monoisotopic (exact) mass is 242 g/mol. The van der Waals surface area contributed by atoms with Crippen LogP contribution >= 0.6 is 0 Å². The van der Waals surface area contributed by atoms with E-state index in [1.54, 1.807) is 11.9 Å². The highest BCUT2D eigenvalue weighted by molar-refractivity contribution is 6.00. The highest BCUT2D eigenvalue weighted by atomic mass is 16.4. The van der Waals surface area contributed by atoms with Gasteiger partial charge in [-0.3, -0.25) is 10.1 Å². The Hall–Kier alpha value is -1.10. The van der Waals surface area contributed by atoms with Crippen LogP contribution in [0.25, 0.3) is 0 Å². The number of rotatable bonds is 5. The summed E-state index contributed by atoms with van der Waals surface area (Å²) in [7, 11) is 3.18. The summed E-state index contributed by atoms with van der Waals surface area (Å²) < 4.78 is 0. The molecular formula is C12H22N2O3. The molecule has 0 heterocycles. The van der Waals surface area contributed by atoms with E-state index in [2.05, 4.69) is 5.32 Å². The van der Waals surface area contributed by atoms with Crippen molar-refractivity contribution in [2.75, 3.05) is 20.6 Å². The van der Waals surface area contributed by atoms with Gasteiger partial charge in [-0.15, -0.1) is 0 Å². The minimum atomic E-state index is -1.12. The van der Waals surface area contributed by atoms with E-state index in [4.69, 9.17) is 5.11 Å². The molecule has 0 bridgehead atoms. The van der Waals surface area contributed by atoms with Crippen LogP contribution in [0.3, 0.4) is 0 Å². The van der Waals surface area contributed by atoms with E-state index in [0.29, 0.717) is 12.5 Å². The molecular weight excluding hydrogens is 220 g/mol. The first-order valence-corrected chi connectivity index (χ1v) is 6.21. The zero-order valence-electron chi connectivity index (χ0n) is 10.6. The van der Waals surface area contributed by atoms with Gasteiger partial charge in [-0.05, 0) is 25.8 Å². The van der Waals surface area contributed by atoms with Gasteiger partial charge >= 0.3 is 5.97 Å². The number of carboxylic acid groups (broad SMARTS) is 1. The average Bonchev–Trinajstić information content (AvgIpc) is 2.30. The van der Waals surface area contributed by atoms with Crippen LogP contribution in [0.4, 0.5) is 0 Å². The van der Waals surface area contributed by atoms with Gasteiger partial charge in [0.25, 0.3) is 5.91 Å². The minimum Gasteiger partial charge on any atom is -0.480 e. The highest BCUT2D eigenvalue weighted by Crippen LogP contribution is 2.24. The smallest absolute Gasteiger partial charge is 0.330 e. The normalized spacial score (nSPS) is 18.7. The van der Waals surface area contributed by atoms with Crippen LogP contribution in [0.1, 0.15) is 32.1 Å². The van der Waals surface area contributed by atoms with Gasteiger partial charge in [0.05, 0.1) is 0 Å². The number of carboxylic acids is 1. The van der Waals surface area contributed by atoms with Gasteiger partial charge in [0.1, 0.15) is 0 Å². The lowest BCUT2D eigenvalue weighted by Crippen LogP contribution is -2.49. The Balaban J connectivity index is 2.47. The first kappa shape index (κ1) is 14.0. The Kier molecular flexibility index (Phi) is 5.41. The number of likely N-dealkylation sites (N-methyl/N-ethyl adjacent to an activating group) is 2. The molecule has 17 heavy (non-hydrogen) atoms. The Bertz CT molecular complexity index is 275. The van der Waals surface area contributed by atoms with Crippen molar-refractivity contribution in [3.8, 4) is 0 Å². The second kappa shape index (κ2) is 6.59. The summed E-state index contributed by atoms with van der Waals surface area (Å²) in [5.41, 5.74) is 0. The number of nitrogens with one attached hydrogen (secondary N) is 1. The molecule has 1 rings (SSSR count). The van der Waals surface area contributed by atoms with E-state index in [1.807, 2.05) is 0 Å². The fourth-order valence-corrected chi connectivity index (χ4v) is 2.42. The number of amides is 1. The predicted molar refractivity (Wildman–Crippen MR) is 64.7 cm³/mol. The van der Waals surface area contributed by atoms with E-state index in [-0.39, 0.29) is 5.91 Å². The maximum Gasteiger partial charge on any atom is 0.330 e. The number of nitrogens with zero attached hydrogens (tertiary/aromatic N) is 1. The molecule has 0 aromatic rings. The van der Waals surface area contributed by atoms with Crippen molar-refractivity contribution in [2.24, 2.45) is 5.92 Å². The Morgan fingerprint density at radius 3 is 2.41 bits per heavy atom. The molecule has 2 N–H and O–H groups in total. The lowest BCUT2D eigenvalue weighted by molar-refractivity contribution is -0.147. The zero-order valence-corrected chi connectivity index (χ0v) is 10.6. The second-order valence-electron chi connectivity index (χ2n) is 4.78. The van der Waals surface area contributed by atoms with E-state index in [9.17, 15) is 9.59 Å². The van der Waals surface area contributed by atoms with Gasteiger partial charge in [-0.25, -0.2) is 4.79 Å². The summed E-state index contributed by atoms with van der Waals surface area (Å²) in [6.45, 7) is 0.671. The van der Waals surface area contributed by atoms with Crippen molar-refractivity contribution in [3.05, 3.63) is 0 Å². The minimum absolute atomic E-state index is 0.356. The molecule has 0 saturated heterocycles. The van der Waals surface area contributed by atoms with E-state index >= 15 is 0 Å². The molecule has 1 aliphatic rings. The highest BCUT2D eigenvalue weighted by Gasteiger charge is 2.28. The van der Waals surface area contributed by atoms with Gasteiger partial charge < -0.3 is 10.0 Å². The average molecular weight is 242 g/mol. The molecule has 98 valence electrons. The van der Waals surface area contributed by atoms with Gasteiger partial charge in [0.2, 0.25) is 0 Å². The molecule has 1 saturated carbocycles. The Labute approximate surface area is 102 Å². The third kappa shape index (κ3) is 4.00. The summed E-state index contributed by atoms with van der Waals surface area (Å²) in [5.74, 6) is -0.942. The fraction of sp³-hybridized carbons (Fsp3) is 0.833. The molecule has 0 spiro atoms. The number of aliphatic carboxylic acids is 1. The third-order valence-electron chi connectivity index (χ3n) is 3.42. The van der Waals surface area contributed by atoms with E-state index < -0.39 is 12.0 Å². The van der Waals surface area contributed by atoms with Crippen LogP contribution in [0.2, 0.25) is 0 Å². The first-order valence-electron chi connectivity index (χ1n) is 6.21. The molecule has 1 fully saturated rings. The summed E-state index contributed by atoms with van der Waals surface area (Å²) in [6.07, 6.45) is 6.02. The van der Waals surface area contributed by atoms with Crippen LogP contribution < -0.4 is 5.32 Å². The number of carbonyl (C=O) groups excluding carboxylic acids is 1. The molecule has 5 heteroatoms. The zero-order chi connectivity index (χ0) is 12.8. The standard InChI is InChI=1S/C12H22N2O3/c1-13-10(12(16)17)11(15)14(2)8-9-6-4-3-5-7-9/h9-10,13H,3-8H2,1-2H3,(H,16,17). The molecule has 1 atom stereocenters. The van der Waals surface area contributed by atoms with Crippen molar-refractivity contribution in [3.63, 3.8) is 0 Å². The molecule has 5 nitrogen and oxygen atoms in total. The van der Waals surface area contributed by atoms with Gasteiger partial charge in [0, 0.05) is 13.6 Å². The Morgan fingerprint density at radius 2 is 1.94 bits per heavy atom. The van der Waals surface area contributed by atoms with E-state index in [1.165, 1.54) is 26.3 Å². The van der Waals surface area contributed by atoms with Gasteiger partial charge in [0.15, 0.2) is 6.04 Å². The van der Waals surface area contributed by atoms with Crippen molar-refractivity contribution in [1.82, 2.24) is 10.2 Å². The van der Waals surface area contributed by atoms with Crippen molar-refractivity contribution in [1.29, 1.82) is 0 Å². The maximum atomic E-state index is 11.9. The van der Waals surface area contributed by atoms with Crippen LogP contribution in [0.15, 0.2) is 0 Å². The molecule has 1 aliphatic carbocycles. The number of hydrogen-bond donors (Lipinski definition) is 2. The molecule has 1 unspecified atom stereocenters. The number of hydrogen-bond acceptors (Lipinski definition) is 3. The van der Waals surface area contributed by atoms with Crippen LogP contribution in [-0.2, 0) is 9.59 Å². The van der Waals surface area contributed by atoms with Gasteiger partial charge in [-0.2, -0.15) is 0 Å². The van der Waals surface area contributed by atoms with Crippen molar-refractivity contribution in [2.45, 2.75) is 38.1 Å². The molecule has 1 amide bonds. The molecule has 0 aromatic carbocycles. The molecule has 0 aromatic heterocycles. The van der Waals surface area contributed by atoms with E-state index in [0.717, 1.165) is 12.8 Å². The molecule has 0 radical (unpaired) electrons. The summed E-state index contributed by atoms with van der Waals surface area (Å²) in [4.78, 5) is 24.3. The summed E-state index contributed by atoms with van der Waals surface area (Å²) in [6, 6.07) is -1.12. The van der Waals surface area contributed by atoms with Crippen LogP contribution in [0, 0.1) is 5.92 Å². The Morgan fingerprint density at radius 1 is 1.35 bits per heavy atom. The van der Waals surface area contributed by atoms with Crippen molar-refractivity contribution >= 4 is 11.9 Å². The molecule has 0 aliphatic heterocycles.